The van der Waals surface area contributed by atoms with Crippen LogP contribution in [-0.2, 0) is 18.3 Å². The number of hydrogen-bond donors (Lipinski definition) is 1. The third kappa shape index (κ3) is 3.97. The van der Waals surface area contributed by atoms with Gasteiger partial charge in [0.25, 0.3) is 0 Å². The summed E-state index contributed by atoms with van der Waals surface area (Å²) >= 11 is 0. The summed E-state index contributed by atoms with van der Waals surface area (Å²) in [4.78, 5) is 0. The van der Waals surface area contributed by atoms with Gasteiger partial charge >= 0.3 is 0 Å². The molecule has 0 aliphatic rings. The van der Waals surface area contributed by atoms with Gasteiger partial charge in [-0.05, 0) is 6.42 Å². The summed E-state index contributed by atoms with van der Waals surface area (Å²) < 4.78 is 6.94. The van der Waals surface area contributed by atoms with Gasteiger partial charge in [0.15, 0.2) is 0 Å². The number of methoxy groups -OCH3 is 1. The van der Waals surface area contributed by atoms with Gasteiger partial charge in [0.2, 0.25) is 0 Å². The second-order valence-corrected chi connectivity index (χ2v) is 3.67. The number of ether oxygens (including phenoxy) is 1. The van der Waals surface area contributed by atoms with Crippen LogP contribution >= 0.6 is 0 Å². The Hall–Kier alpha value is -0.940. The van der Waals surface area contributed by atoms with Crippen LogP contribution in [0, 0.1) is 0 Å². The van der Waals surface area contributed by atoms with Crippen LogP contribution in [0.5, 0.6) is 0 Å². The highest BCUT2D eigenvalue weighted by atomic mass is 16.5. The minimum Gasteiger partial charge on any atom is -0.383 e. The average molecular weight is 212 g/mol. The smallest absolute Gasteiger partial charge is 0.0738 e. The molecule has 0 bridgehead atoms. The van der Waals surface area contributed by atoms with Crippen molar-refractivity contribution in [3.8, 4) is 0 Å². The van der Waals surface area contributed by atoms with Crippen molar-refractivity contribution in [3.05, 3.63) is 11.9 Å². The lowest BCUT2D eigenvalue weighted by Gasteiger charge is -2.16. The Morgan fingerprint density at radius 3 is 2.93 bits per heavy atom. The van der Waals surface area contributed by atoms with Gasteiger partial charge in [0.05, 0.1) is 18.5 Å². The van der Waals surface area contributed by atoms with Gasteiger partial charge in [-0.15, -0.1) is 5.10 Å². The third-order valence-electron chi connectivity index (χ3n) is 2.39. The summed E-state index contributed by atoms with van der Waals surface area (Å²) in [6, 6.07) is 0.412. The quantitative estimate of drug-likeness (QED) is 0.723. The Balaban J connectivity index is 2.36. The topological polar surface area (TPSA) is 52.0 Å². The lowest BCUT2D eigenvalue weighted by atomic mass is 10.2. The monoisotopic (exact) mass is 212 g/mol. The first-order valence-electron chi connectivity index (χ1n) is 5.33. The fraction of sp³-hybridized carbons (Fsp3) is 0.800. The Morgan fingerprint density at radius 1 is 1.60 bits per heavy atom. The van der Waals surface area contributed by atoms with Crippen LogP contribution in [0.3, 0.4) is 0 Å². The number of aryl methyl sites for hydroxylation is 1. The van der Waals surface area contributed by atoms with Crippen LogP contribution in [0.25, 0.3) is 0 Å². The van der Waals surface area contributed by atoms with E-state index in [-0.39, 0.29) is 0 Å². The first-order valence-corrected chi connectivity index (χ1v) is 5.33. The van der Waals surface area contributed by atoms with Crippen molar-refractivity contribution in [2.45, 2.75) is 32.4 Å². The van der Waals surface area contributed by atoms with Gasteiger partial charge < -0.3 is 10.1 Å². The Morgan fingerprint density at radius 2 is 2.40 bits per heavy atom. The van der Waals surface area contributed by atoms with E-state index in [0.717, 1.165) is 31.7 Å². The molecule has 15 heavy (non-hydrogen) atoms. The van der Waals surface area contributed by atoms with Crippen molar-refractivity contribution < 1.29 is 4.74 Å². The predicted octanol–water partition coefficient (Wildman–Crippen LogP) is 0.720. The molecule has 1 atom stereocenters. The summed E-state index contributed by atoms with van der Waals surface area (Å²) in [5, 5.41) is 11.2. The lowest BCUT2D eigenvalue weighted by molar-refractivity contribution is 0.161. The molecule has 5 nitrogen and oxygen atoms in total. The molecule has 0 radical (unpaired) electrons. The molecule has 1 unspecified atom stereocenters. The van der Waals surface area contributed by atoms with Gasteiger partial charge in [-0.3, -0.25) is 4.68 Å². The zero-order chi connectivity index (χ0) is 11.1. The zero-order valence-corrected chi connectivity index (χ0v) is 9.73. The summed E-state index contributed by atoms with van der Waals surface area (Å²) in [6.45, 7) is 3.71. The van der Waals surface area contributed by atoms with Crippen molar-refractivity contribution in [3.63, 3.8) is 0 Å². The van der Waals surface area contributed by atoms with E-state index >= 15 is 0 Å². The minimum absolute atomic E-state index is 0.412. The van der Waals surface area contributed by atoms with E-state index in [2.05, 4.69) is 22.6 Å². The van der Waals surface area contributed by atoms with E-state index in [0.29, 0.717) is 6.04 Å². The van der Waals surface area contributed by atoms with E-state index in [4.69, 9.17) is 4.74 Å². The van der Waals surface area contributed by atoms with Gasteiger partial charge in [-0.1, -0.05) is 18.6 Å². The molecule has 5 heteroatoms. The molecule has 1 N–H and O–H groups in total. The van der Waals surface area contributed by atoms with E-state index in [9.17, 15) is 0 Å². The third-order valence-corrected chi connectivity index (χ3v) is 2.39. The maximum Gasteiger partial charge on any atom is 0.0738 e. The maximum absolute atomic E-state index is 5.16. The van der Waals surface area contributed by atoms with Gasteiger partial charge in [0, 0.05) is 26.7 Å². The molecule has 1 aromatic heterocycles. The highest BCUT2D eigenvalue weighted by Crippen LogP contribution is 2.00. The van der Waals surface area contributed by atoms with E-state index in [1.807, 2.05) is 7.05 Å². The molecule has 0 amide bonds. The zero-order valence-electron chi connectivity index (χ0n) is 9.73. The summed E-state index contributed by atoms with van der Waals surface area (Å²) in [5.41, 5.74) is 1.09. The maximum atomic E-state index is 5.16. The fourth-order valence-electron chi connectivity index (χ4n) is 1.51. The van der Waals surface area contributed by atoms with Crippen LogP contribution in [0.15, 0.2) is 6.20 Å². The Kier molecular flexibility index (Phi) is 5.28. The SMILES string of the molecule is CCCC(COC)NCc1cnnn1C. The van der Waals surface area contributed by atoms with Gasteiger partial charge in [0.1, 0.15) is 0 Å². The Bertz CT molecular complexity index is 268. The van der Waals surface area contributed by atoms with Crippen LogP contribution < -0.4 is 5.32 Å². The average Bonchev–Trinajstić information content (AvgIpc) is 2.61. The molecule has 0 aromatic carbocycles. The molecule has 0 fully saturated rings. The van der Waals surface area contributed by atoms with Crippen LogP contribution in [-0.4, -0.2) is 34.8 Å². The molecule has 0 spiro atoms. The largest absolute Gasteiger partial charge is 0.383 e. The van der Waals surface area contributed by atoms with Crippen molar-refractivity contribution >= 4 is 0 Å². The number of nitrogens with one attached hydrogen (secondary N) is 1. The normalized spacial score (nSPS) is 13.0. The predicted molar refractivity (Wildman–Crippen MR) is 58.4 cm³/mol. The van der Waals surface area contributed by atoms with Crippen molar-refractivity contribution in [2.24, 2.45) is 7.05 Å². The van der Waals surface area contributed by atoms with E-state index in [1.165, 1.54) is 0 Å². The summed E-state index contributed by atoms with van der Waals surface area (Å²) in [7, 11) is 3.63. The summed E-state index contributed by atoms with van der Waals surface area (Å²) in [6.07, 6.45) is 4.06. The van der Waals surface area contributed by atoms with Gasteiger partial charge in [-0.2, -0.15) is 0 Å². The fourth-order valence-corrected chi connectivity index (χ4v) is 1.51. The van der Waals surface area contributed by atoms with E-state index in [1.54, 1.807) is 18.0 Å². The van der Waals surface area contributed by atoms with Gasteiger partial charge in [-0.25, -0.2) is 0 Å². The molecular weight excluding hydrogens is 192 g/mol. The van der Waals surface area contributed by atoms with Crippen molar-refractivity contribution in [1.82, 2.24) is 20.3 Å². The molecule has 86 valence electrons. The van der Waals surface area contributed by atoms with Crippen molar-refractivity contribution in [1.29, 1.82) is 0 Å². The standard InChI is InChI=1S/C10H20N4O/c1-4-5-9(8-15-3)11-6-10-7-12-13-14(10)2/h7,9,11H,4-6,8H2,1-3H3. The molecule has 0 saturated heterocycles. The number of aromatic nitrogens is 3. The highest BCUT2D eigenvalue weighted by molar-refractivity contribution is 4.92. The molecule has 1 aromatic rings. The second-order valence-electron chi connectivity index (χ2n) is 3.67. The van der Waals surface area contributed by atoms with E-state index < -0.39 is 0 Å². The molecule has 0 aliphatic heterocycles. The minimum atomic E-state index is 0.412. The number of rotatable bonds is 7. The molecule has 0 aliphatic carbocycles. The first-order chi connectivity index (χ1) is 7.27. The molecule has 0 saturated carbocycles. The van der Waals surface area contributed by atoms with Crippen LogP contribution in [0.2, 0.25) is 0 Å². The molecular formula is C10H20N4O. The summed E-state index contributed by atoms with van der Waals surface area (Å²) in [5.74, 6) is 0. The molecule has 1 rings (SSSR count). The van der Waals surface area contributed by atoms with Crippen LogP contribution in [0.4, 0.5) is 0 Å². The highest BCUT2D eigenvalue weighted by Gasteiger charge is 2.07. The number of nitrogens with zero attached hydrogens (tertiary/aromatic N) is 3. The second kappa shape index (κ2) is 6.53. The number of hydrogen-bond acceptors (Lipinski definition) is 4. The van der Waals surface area contributed by atoms with Crippen molar-refractivity contribution in [2.75, 3.05) is 13.7 Å². The Labute approximate surface area is 90.8 Å². The first kappa shape index (κ1) is 12.1. The van der Waals surface area contributed by atoms with Crippen LogP contribution in [0.1, 0.15) is 25.5 Å². The molecule has 1 heterocycles. The lowest BCUT2D eigenvalue weighted by Crippen LogP contribution is -2.33.